The minimum atomic E-state index is -2.09. The Bertz CT molecular complexity index is 2510. The number of carbonyl (C=O) groups is 1. The molecule has 1 aliphatic carbocycles. The van der Waals surface area contributed by atoms with Crippen molar-refractivity contribution in [3.63, 3.8) is 0 Å². The fraction of sp³-hybridized carbons (Fsp3) is 0.545. The molecule has 3 saturated heterocycles. The second kappa shape index (κ2) is 15.7. The van der Waals surface area contributed by atoms with Gasteiger partial charge in [-0.25, -0.2) is 13.6 Å². The number of benzene rings is 2. The van der Waals surface area contributed by atoms with Crippen molar-refractivity contribution in [1.82, 2.24) is 14.9 Å². The van der Waals surface area contributed by atoms with Gasteiger partial charge in [0.25, 0.3) is 6.08 Å². The fourth-order valence-electron chi connectivity index (χ4n) is 9.43. The Hall–Kier alpha value is -4.01. The van der Waals surface area contributed by atoms with E-state index in [9.17, 15) is 18.8 Å². The molecule has 17 heteroatoms. The first kappa shape index (κ1) is 43.6. The van der Waals surface area contributed by atoms with Gasteiger partial charge < -0.3 is 18.8 Å². The molecule has 4 aromatic rings. The van der Waals surface area contributed by atoms with Crippen molar-refractivity contribution >= 4 is 69.2 Å². The van der Waals surface area contributed by atoms with Crippen molar-refractivity contribution in [3.05, 3.63) is 52.1 Å². The number of nitrogens with zero attached hydrogens (tertiary/aromatic N) is 5. The summed E-state index contributed by atoms with van der Waals surface area (Å²) in [5.41, 5.74) is -1.62. The second-order valence-corrected chi connectivity index (χ2v) is 25.8. The maximum absolute atomic E-state index is 17.6. The summed E-state index contributed by atoms with van der Waals surface area (Å²) < 4.78 is 79.6. The molecule has 326 valence electrons. The Labute approximate surface area is 363 Å². The average molecular weight is 900 g/mol. The molecule has 4 fully saturated rings. The number of fused-ring (bicyclic) bond motifs is 5. The summed E-state index contributed by atoms with van der Waals surface area (Å²) in [6.45, 7) is 18.3. The number of amides is 1. The van der Waals surface area contributed by atoms with Gasteiger partial charge in [-0.05, 0) is 101 Å². The summed E-state index contributed by atoms with van der Waals surface area (Å²) in [7, 11) is -2.09. The molecule has 1 unspecified atom stereocenters. The molecule has 1 N–H and O–H groups in total. The lowest BCUT2D eigenvalue weighted by Crippen LogP contribution is -2.46. The zero-order valence-electron chi connectivity index (χ0n) is 35.7. The molecule has 4 atom stereocenters. The van der Waals surface area contributed by atoms with Gasteiger partial charge in [-0.15, -0.1) is 11.3 Å². The highest BCUT2D eigenvalue weighted by Crippen LogP contribution is 2.49. The number of ether oxygens (including phenoxy) is 2. The van der Waals surface area contributed by atoms with Crippen LogP contribution >= 0.6 is 22.9 Å². The molecule has 0 radical (unpaired) electrons. The summed E-state index contributed by atoms with van der Waals surface area (Å²) >= 11 is 7.88. The summed E-state index contributed by atoms with van der Waals surface area (Å²) in [4.78, 5) is 26.5. The van der Waals surface area contributed by atoms with E-state index >= 15 is 8.78 Å². The zero-order chi connectivity index (χ0) is 44.0. The highest BCUT2D eigenvalue weighted by molar-refractivity contribution is 7.23. The number of rotatable bonds is 8. The molecule has 5 heterocycles. The molecular weight excluding hydrogens is 848 g/mol. The quantitative estimate of drug-likeness (QED) is 0.136. The molecule has 61 heavy (non-hydrogen) atoms. The molecule has 2 aromatic heterocycles. The van der Waals surface area contributed by atoms with E-state index in [0.29, 0.717) is 43.2 Å². The first-order chi connectivity index (χ1) is 28.6. The smallest absolute Gasteiger partial charge is 0.412 e. The van der Waals surface area contributed by atoms with Crippen LogP contribution in [-0.4, -0.2) is 79.3 Å². The van der Waals surface area contributed by atoms with Gasteiger partial charge >= 0.3 is 12.1 Å². The van der Waals surface area contributed by atoms with Gasteiger partial charge in [-0.1, -0.05) is 38.4 Å². The number of piperidine rings is 1. The van der Waals surface area contributed by atoms with Gasteiger partial charge in [0.05, 0.1) is 20.8 Å². The van der Waals surface area contributed by atoms with Crippen LogP contribution in [0, 0.1) is 34.8 Å². The van der Waals surface area contributed by atoms with Crippen LogP contribution in [0.15, 0.2) is 29.9 Å². The molecule has 1 saturated carbocycles. The average Bonchev–Trinajstić information content (AvgIpc) is 3.90. The number of aromatic nitrogens is 2. The van der Waals surface area contributed by atoms with Gasteiger partial charge in [-0.3, -0.25) is 10.2 Å². The molecule has 4 aliphatic rings. The van der Waals surface area contributed by atoms with E-state index < -0.39 is 43.3 Å². The van der Waals surface area contributed by atoms with Crippen LogP contribution in [-0.2, 0) is 9.16 Å². The van der Waals surface area contributed by atoms with Crippen LogP contribution < -0.4 is 15.0 Å². The van der Waals surface area contributed by atoms with Crippen molar-refractivity contribution in [2.24, 2.45) is 11.8 Å². The molecule has 2 bridgehead atoms. The topological polar surface area (TPSA) is 113 Å². The second-order valence-electron chi connectivity index (χ2n) is 19.6. The first-order valence-corrected chi connectivity index (χ1v) is 24.9. The Morgan fingerprint density at radius 3 is 2.57 bits per heavy atom. The lowest BCUT2D eigenvalue weighted by atomic mass is 9.94. The number of thiophene rings is 1. The Kier molecular flexibility index (Phi) is 11.2. The number of halogens is 5. The molecule has 1 amide bonds. The minimum Gasteiger partial charge on any atom is -0.461 e. The Morgan fingerprint density at radius 2 is 1.89 bits per heavy atom. The Balaban J connectivity index is 1.23. The lowest BCUT2D eigenvalue weighted by Gasteiger charge is -2.40. The molecule has 2 aromatic carbocycles. The summed E-state index contributed by atoms with van der Waals surface area (Å²) in [5, 5.41) is 13.4. The van der Waals surface area contributed by atoms with Crippen molar-refractivity contribution in [1.29, 1.82) is 5.26 Å². The predicted molar refractivity (Wildman–Crippen MR) is 233 cm³/mol. The van der Waals surface area contributed by atoms with E-state index in [1.165, 1.54) is 6.07 Å². The normalized spacial score (nSPS) is 23.2. The molecule has 10 nitrogen and oxygen atoms in total. The summed E-state index contributed by atoms with van der Waals surface area (Å²) in [5.74, 6) is -0.591. The van der Waals surface area contributed by atoms with Gasteiger partial charge in [0.2, 0.25) is 0 Å². The van der Waals surface area contributed by atoms with E-state index in [0.717, 1.165) is 36.7 Å². The highest BCUT2D eigenvalue weighted by atomic mass is 35.5. The number of hydrogen-bond acceptors (Lipinski definition) is 10. The number of hydrogen-bond donors (Lipinski definition) is 1. The third-order valence-corrected chi connectivity index (χ3v) is 19.2. The largest absolute Gasteiger partial charge is 0.461 e. The van der Waals surface area contributed by atoms with E-state index in [-0.39, 0.29) is 90.5 Å². The zero-order valence-corrected chi connectivity index (χ0v) is 38.3. The molecular formula is C44H51ClF4N6O4SSi. The van der Waals surface area contributed by atoms with Crippen LogP contribution in [0.2, 0.25) is 23.2 Å². The lowest BCUT2D eigenvalue weighted by molar-refractivity contribution is 0.0636. The van der Waals surface area contributed by atoms with Crippen molar-refractivity contribution in [2.45, 2.75) is 109 Å². The number of nitrogens with one attached hydrogen (secondary N) is 1. The molecule has 3 aliphatic heterocycles. The fourth-order valence-corrected chi connectivity index (χ4v) is 12.2. The van der Waals surface area contributed by atoms with E-state index in [2.05, 4.69) is 55.1 Å². The minimum absolute atomic E-state index is 0.0106. The van der Waals surface area contributed by atoms with Crippen molar-refractivity contribution in [3.8, 4) is 23.2 Å². The first-order valence-electron chi connectivity index (χ1n) is 20.8. The van der Waals surface area contributed by atoms with Gasteiger partial charge in [0.15, 0.2) is 14.1 Å². The van der Waals surface area contributed by atoms with Crippen LogP contribution in [0.25, 0.3) is 32.1 Å². The molecule has 8 rings (SSSR count). The third kappa shape index (κ3) is 8.09. The van der Waals surface area contributed by atoms with Crippen LogP contribution in [0.4, 0.5) is 33.2 Å². The van der Waals surface area contributed by atoms with E-state index in [4.69, 9.17) is 30.5 Å². The Morgan fingerprint density at radius 1 is 1.13 bits per heavy atom. The van der Waals surface area contributed by atoms with Crippen molar-refractivity contribution < 1.29 is 36.3 Å². The van der Waals surface area contributed by atoms with Crippen LogP contribution in [0.5, 0.6) is 6.01 Å². The van der Waals surface area contributed by atoms with Gasteiger partial charge in [-0.2, -0.15) is 24.0 Å². The van der Waals surface area contributed by atoms with Gasteiger partial charge in [0, 0.05) is 53.6 Å². The van der Waals surface area contributed by atoms with Crippen molar-refractivity contribution in [2.75, 3.05) is 43.0 Å². The SMILES string of the molecule is CC(C)(C)OC(=O)Nc1sc2c(F)ccc(-c3c(Cl)cc4c(N5C[C@@H]6C[C@H](C5)[C@H](O[Si](C)(C)C(C)(C)C)C6)nc(OCC56CCCN5CC(=C(F)F)C6)nc4c3F)c2c1C#N. The monoisotopic (exact) mass is 898 g/mol. The maximum atomic E-state index is 17.6. The van der Waals surface area contributed by atoms with Crippen LogP contribution in [0.3, 0.4) is 0 Å². The predicted octanol–water partition coefficient (Wildman–Crippen LogP) is 11.7. The highest BCUT2D eigenvalue weighted by Gasteiger charge is 2.49. The summed E-state index contributed by atoms with van der Waals surface area (Å²) in [6.07, 6.45) is 1.07. The number of carbonyl (C=O) groups excluding carboxylic acids is 1. The number of anilines is 2. The van der Waals surface area contributed by atoms with E-state index in [1.54, 1.807) is 26.8 Å². The third-order valence-electron chi connectivity index (χ3n) is 13.2. The maximum Gasteiger partial charge on any atom is 0.412 e. The summed E-state index contributed by atoms with van der Waals surface area (Å²) in [6, 6.07) is 6.07. The van der Waals surface area contributed by atoms with E-state index in [1.807, 2.05) is 4.90 Å². The van der Waals surface area contributed by atoms with Gasteiger partial charge in [0.1, 0.15) is 40.4 Å². The molecule has 0 spiro atoms. The van der Waals surface area contributed by atoms with Crippen LogP contribution in [0.1, 0.15) is 79.2 Å². The number of nitriles is 1. The standard InChI is InChI=1S/C44H51ClF4N6O4SSi/c1-42(2,3)58-41(56)53-39-28(18-50)32-26(10-11-30(46)36(32)60-39)33-29(45)16-27-35(34(33)47)51-40(57-22-44-12-9-13-55(44)21-25(17-44)37(48)49)52-38(27)54-19-23-14-24(20-54)31(15-23)59-61(7,8)43(4,5)6/h10-11,16,23-24,31H,9,12-15,17,19-22H2,1-8H3,(H,53,56)/t23-,24-,31-,44?/m1/s1.